The van der Waals surface area contributed by atoms with E-state index in [1.165, 1.54) is 5.56 Å². The van der Waals surface area contributed by atoms with Crippen LogP contribution in [-0.4, -0.2) is 16.3 Å². The molecular formula is C14H17BrClN3. The molecule has 0 spiro atoms. The molecule has 0 radical (unpaired) electrons. The number of hydrogen-bond donors (Lipinski definition) is 1. The number of hydrogen-bond acceptors (Lipinski definition) is 2. The number of benzene rings is 1. The van der Waals surface area contributed by atoms with E-state index in [2.05, 4.69) is 39.5 Å². The summed E-state index contributed by atoms with van der Waals surface area (Å²) in [6.45, 7) is 4.75. The van der Waals surface area contributed by atoms with Gasteiger partial charge in [-0.05, 0) is 30.7 Å². The van der Waals surface area contributed by atoms with Crippen molar-refractivity contribution in [2.45, 2.75) is 26.4 Å². The van der Waals surface area contributed by atoms with Crippen LogP contribution in [-0.2, 0) is 13.1 Å². The summed E-state index contributed by atoms with van der Waals surface area (Å²) in [5.41, 5.74) is 2.27. The molecule has 0 unspecified atom stereocenters. The van der Waals surface area contributed by atoms with Gasteiger partial charge in [-0.2, -0.15) is 5.10 Å². The Bertz CT molecular complexity index is 539. The summed E-state index contributed by atoms with van der Waals surface area (Å²) >= 11 is 9.61. The van der Waals surface area contributed by atoms with Crippen LogP contribution in [0.3, 0.4) is 0 Å². The number of nitrogens with zero attached hydrogens (tertiary/aromatic N) is 2. The molecular weight excluding hydrogens is 326 g/mol. The first-order valence-corrected chi connectivity index (χ1v) is 7.52. The highest BCUT2D eigenvalue weighted by Crippen LogP contribution is 2.22. The largest absolute Gasteiger partial charge is 0.313 e. The number of halogens is 2. The van der Waals surface area contributed by atoms with E-state index in [4.69, 9.17) is 11.6 Å². The fourth-order valence-electron chi connectivity index (χ4n) is 1.82. The number of nitrogens with one attached hydrogen (secondary N) is 1. The number of aromatic nitrogens is 2. The van der Waals surface area contributed by atoms with Crippen molar-refractivity contribution in [1.29, 1.82) is 0 Å². The van der Waals surface area contributed by atoms with E-state index >= 15 is 0 Å². The first-order valence-electron chi connectivity index (χ1n) is 6.35. The third-order valence-corrected chi connectivity index (χ3v) is 3.64. The van der Waals surface area contributed by atoms with Crippen molar-refractivity contribution in [1.82, 2.24) is 15.1 Å². The van der Waals surface area contributed by atoms with Crippen LogP contribution in [0.25, 0.3) is 0 Å². The van der Waals surface area contributed by atoms with Crippen LogP contribution in [0.2, 0.25) is 5.02 Å². The second-order valence-electron chi connectivity index (χ2n) is 4.46. The zero-order valence-electron chi connectivity index (χ0n) is 10.9. The fraction of sp³-hybridized carbons (Fsp3) is 0.357. The predicted octanol–water partition coefficient (Wildman–Crippen LogP) is 3.85. The molecule has 1 aromatic heterocycles. The van der Waals surface area contributed by atoms with Gasteiger partial charge in [0.1, 0.15) is 0 Å². The van der Waals surface area contributed by atoms with E-state index in [1.54, 1.807) is 0 Å². The molecule has 0 bridgehead atoms. The van der Waals surface area contributed by atoms with Gasteiger partial charge >= 0.3 is 0 Å². The Morgan fingerprint density at radius 2 is 2.26 bits per heavy atom. The first kappa shape index (κ1) is 14.6. The van der Waals surface area contributed by atoms with Gasteiger partial charge in [-0.1, -0.05) is 40.5 Å². The summed E-state index contributed by atoms with van der Waals surface area (Å²) in [7, 11) is 0. The molecule has 2 aromatic rings. The van der Waals surface area contributed by atoms with E-state index in [0.717, 1.165) is 34.6 Å². The van der Waals surface area contributed by atoms with Crippen LogP contribution in [0, 0.1) is 0 Å². The molecule has 0 amide bonds. The molecule has 1 heterocycles. The average Bonchev–Trinajstić information content (AvgIpc) is 2.81. The fourth-order valence-corrected chi connectivity index (χ4v) is 2.55. The van der Waals surface area contributed by atoms with Crippen molar-refractivity contribution in [3.63, 3.8) is 0 Å². The van der Waals surface area contributed by atoms with E-state index in [9.17, 15) is 0 Å². The molecule has 3 nitrogen and oxygen atoms in total. The van der Waals surface area contributed by atoms with Crippen molar-refractivity contribution in [2.24, 2.45) is 0 Å². The molecule has 102 valence electrons. The Hall–Kier alpha value is -0.840. The normalized spacial score (nSPS) is 10.9. The molecule has 1 N–H and O–H groups in total. The molecule has 2 rings (SSSR count). The molecule has 0 aliphatic rings. The SMILES string of the molecule is CCCNCc1cnn(Cc2ccc(Br)cc2Cl)c1. The highest BCUT2D eigenvalue weighted by molar-refractivity contribution is 9.10. The quantitative estimate of drug-likeness (QED) is 0.808. The molecule has 0 saturated heterocycles. The summed E-state index contributed by atoms with van der Waals surface area (Å²) in [5.74, 6) is 0. The first-order chi connectivity index (χ1) is 9.19. The van der Waals surface area contributed by atoms with Crippen LogP contribution < -0.4 is 5.32 Å². The Morgan fingerprint density at radius 1 is 1.42 bits per heavy atom. The summed E-state index contributed by atoms with van der Waals surface area (Å²) in [6.07, 6.45) is 5.10. The summed E-state index contributed by atoms with van der Waals surface area (Å²) in [6, 6.07) is 5.92. The van der Waals surface area contributed by atoms with E-state index < -0.39 is 0 Å². The topological polar surface area (TPSA) is 29.9 Å². The maximum absolute atomic E-state index is 6.21. The lowest BCUT2D eigenvalue weighted by Gasteiger charge is -2.05. The van der Waals surface area contributed by atoms with Crippen LogP contribution in [0.1, 0.15) is 24.5 Å². The van der Waals surface area contributed by atoms with Gasteiger partial charge in [0.25, 0.3) is 0 Å². The third-order valence-electron chi connectivity index (χ3n) is 2.79. The Morgan fingerprint density at radius 3 is 3.00 bits per heavy atom. The highest BCUT2D eigenvalue weighted by atomic mass is 79.9. The molecule has 5 heteroatoms. The van der Waals surface area contributed by atoms with Crippen LogP contribution in [0.15, 0.2) is 35.1 Å². The molecule has 0 saturated carbocycles. The van der Waals surface area contributed by atoms with Crippen molar-refractivity contribution >= 4 is 27.5 Å². The molecule has 19 heavy (non-hydrogen) atoms. The van der Waals surface area contributed by atoms with Gasteiger partial charge in [0.2, 0.25) is 0 Å². The smallest absolute Gasteiger partial charge is 0.0674 e. The zero-order valence-corrected chi connectivity index (χ0v) is 13.2. The van der Waals surface area contributed by atoms with Crippen LogP contribution in [0.4, 0.5) is 0 Å². The van der Waals surface area contributed by atoms with Crippen molar-refractivity contribution in [2.75, 3.05) is 6.54 Å². The average molecular weight is 343 g/mol. The van der Waals surface area contributed by atoms with Gasteiger partial charge in [0.15, 0.2) is 0 Å². The minimum atomic E-state index is 0.694. The highest BCUT2D eigenvalue weighted by Gasteiger charge is 2.04. The predicted molar refractivity (Wildman–Crippen MR) is 82.5 cm³/mol. The lowest BCUT2D eigenvalue weighted by molar-refractivity contribution is 0.668. The van der Waals surface area contributed by atoms with Crippen molar-refractivity contribution < 1.29 is 0 Å². The Labute approximate surface area is 127 Å². The van der Waals surface area contributed by atoms with Crippen molar-refractivity contribution in [3.05, 3.63) is 51.2 Å². The molecule has 0 atom stereocenters. The van der Waals surface area contributed by atoms with Gasteiger partial charge in [-0.15, -0.1) is 0 Å². The second-order valence-corrected chi connectivity index (χ2v) is 5.78. The minimum Gasteiger partial charge on any atom is -0.313 e. The molecule has 0 fully saturated rings. The zero-order chi connectivity index (χ0) is 13.7. The van der Waals surface area contributed by atoms with E-state index in [1.807, 2.05) is 29.1 Å². The summed E-state index contributed by atoms with van der Waals surface area (Å²) in [5, 5.41) is 8.48. The molecule has 0 aliphatic carbocycles. The lowest BCUT2D eigenvalue weighted by Crippen LogP contribution is -2.13. The maximum Gasteiger partial charge on any atom is 0.0674 e. The summed E-state index contributed by atoms with van der Waals surface area (Å²) < 4.78 is 2.91. The van der Waals surface area contributed by atoms with Crippen LogP contribution >= 0.6 is 27.5 Å². The standard InChI is InChI=1S/C14H17BrClN3/c1-2-5-17-7-11-8-18-19(9-11)10-12-3-4-13(15)6-14(12)16/h3-4,6,8-9,17H,2,5,7,10H2,1H3. The summed E-state index contributed by atoms with van der Waals surface area (Å²) in [4.78, 5) is 0. The van der Waals surface area contributed by atoms with Gasteiger partial charge in [-0.3, -0.25) is 4.68 Å². The minimum absolute atomic E-state index is 0.694. The maximum atomic E-state index is 6.21. The lowest BCUT2D eigenvalue weighted by atomic mass is 10.2. The molecule has 0 aliphatic heterocycles. The Kier molecular flexibility index (Phi) is 5.43. The Balaban J connectivity index is 1.99. The van der Waals surface area contributed by atoms with Gasteiger partial charge < -0.3 is 5.32 Å². The van der Waals surface area contributed by atoms with E-state index in [-0.39, 0.29) is 0 Å². The van der Waals surface area contributed by atoms with Crippen molar-refractivity contribution in [3.8, 4) is 0 Å². The third kappa shape index (κ3) is 4.34. The van der Waals surface area contributed by atoms with Crippen LogP contribution in [0.5, 0.6) is 0 Å². The van der Waals surface area contributed by atoms with Gasteiger partial charge in [-0.25, -0.2) is 0 Å². The monoisotopic (exact) mass is 341 g/mol. The molecule has 1 aromatic carbocycles. The van der Waals surface area contributed by atoms with Gasteiger partial charge in [0.05, 0.1) is 12.7 Å². The second kappa shape index (κ2) is 7.08. The van der Waals surface area contributed by atoms with Gasteiger partial charge in [0, 0.05) is 27.8 Å². The number of rotatable bonds is 6. The van der Waals surface area contributed by atoms with E-state index in [0.29, 0.717) is 6.54 Å².